The Labute approximate surface area is 172 Å². The van der Waals surface area contributed by atoms with Crippen molar-refractivity contribution in [2.24, 2.45) is 5.90 Å². The van der Waals surface area contributed by atoms with Gasteiger partial charge >= 0.3 is 0 Å². The molecule has 8 heteroatoms. The fourth-order valence-corrected chi connectivity index (χ4v) is 2.91. The molecule has 3 N–H and O–H groups in total. The van der Waals surface area contributed by atoms with E-state index >= 15 is 0 Å². The molecule has 0 spiro atoms. The summed E-state index contributed by atoms with van der Waals surface area (Å²) < 4.78 is 33.9. The summed E-state index contributed by atoms with van der Waals surface area (Å²) in [7, 11) is 0. The average molecular weight is 413 g/mol. The highest BCUT2D eigenvalue weighted by Gasteiger charge is 2.14. The normalized spacial score (nSPS) is 10.6. The second kappa shape index (κ2) is 9.32. The van der Waals surface area contributed by atoms with E-state index in [1.165, 1.54) is 30.5 Å². The smallest absolute Gasteiger partial charge is 0.279 e. The number of pyridine rings is 1. The molecule has 0 saturated carbocycles. The number of anilines is 1. The third-order valence-electron chi connectivity index (χ3n) is 4.36. The van der Waals surface area contributed by atoms with Gasteiger partial charge in [0.15, 0.2) is 5.75 Å². The Balaban J connectivity index is 1.77. The third-order valence-corrected chi connectivity index (χ3v) is 4.36. The highest BCUT2D eigenvalue weighted by Crippen LogP contribution is 2.30. The van der Waals surface area contributed by atoms with Crippen molar-refractivity contribution in [3.63, 3.8) is 0 Å². The first kappa shape index (κ1) is 21.2. The standard InChI is InChI=1S/C22H21F2N3O3/c1-3-29-20-10-16(12-26-22(20)30-25)14-5-6-15(18(24)9-14)11-21(28)27-19-8-13(2)4-7-17(19)23/h4-10,12H,3,11,25H2,1-2H3,(H,27,28). The zero-order valence-electron chi connectivity index (χ0n) is 16.5. The lowest BCUT2D eigenvalue weighted by Gasteiger charge is -2.11. The van der Waals surface area contributed by atoms with Gasteiger partial charge in [-0.3, -0.25) is 4.79 Å². The molecule has 0 bridgehead atoms. The fourth-order valence-electron chi connectivity index (χ4n) is 2.91. The minimum Gasteiger partial charge on any atom is -0.488 e. The van der Waals surface area contributed by atoms with E-state index in [0.29, 0.717) is 23.5 Å². The molecule has 156 valence electrons. The minimum atomic E-state index is -0.565. The van der Waals surface area contributed by atoms with E-state index in [-0.39, 0.29) is 23.6 Å². The van der Waals surface area contributed by atoms with Crippen LogP contribution >= 0.6 is 0 Å². The molecule has 3 rings (SSSR count). The van der Waals surface area contributed by atoms with Crippen LogP contribution in [0.15, 0.2) is 48.7 Å². The number of aromatic nitrogens is 1. The maximum atomic E-state index is 14.6. The maximum absolute atomic E-state index is 14.6. The molecular weight excluding hydrogens is 392 g/mol. The first-order valence-electron chi connectivity index (χ1n) is 9.25. The van der Waals surface area contributed by atoms with Gasteiger partial charge < -0.3 is 14.9 Å². The SMILES string of the molecule is CCOc1cc(-c2ccc(CC(=O)Nc3cc(C)ccc3F)c(F)c2)cnc1ON. The predicted octanol–water partition coefficient (Wildman–Crippen LogP) is 4.17. The number of benzene rings is 2. The van der Waals surface area contributed by atoms with Gasteiger partial charge in [-0.15, -0.1) is 0 Å². The molecule has 0 radical (unpaired) electrons. The van der Waals surface area contributed by atoms with Crippen LogP contribution in [0.1, 0.15) is 18.1 Å². The molecule has 0 aliphatic carbocycles. The first-order valence-corrected chi connectivity index (χ1v) is 9.25. The molecule has 30 heavy (non-hydrogen) atoms. The topological polar surface area (TPSA) is 86.5 Å². The lowest BCUT2D eigenvalue weighted by atomic mass is 10.0. The molecule has 0 aliphatic rings. The number of aryl methyl sites for hydroxylation is 1. The van der Waals surface area contributed by atoms with E-state index < -0.39 is 17.5 Å². The van der Waals surface area contributed by atoms with E-state index in [0.717, 1.165) is 5.56 Å². The van der Waals surface area contributed by atoms with Crippen LogP contribution in [-0.2, 0) is 11.2 Å². The Morgan fingerprint density at radius 3 is 2.60 bits per heavy atom. The quantitative estimate of drug-likeness (QED) is 0.568. The second-order valence-corrected chi connectivity index (χ2v) is 6.59. The van der Waals surface area contributed by atoms with E-state index in [4.69, 9.17) is 10.6 Å². The Kier molecular flexibility index (Phi) is 6.58. The summed E-state index contributed by atoms with van der Waals surface area (Å²) in [6.07, 6.45) is 1.24. The minimum absolute atomic E-state index is 0.0637. The lowest BCUT2D eigenvalue weighted by molar-refractivity contribution is -0.115. The summed E-state index contributed by atoms with van der Waals surface area (Å²) in [5.41, 5.74) is 2.18. The van der Waals surface area contributed by atoms with E-state index in [2.05, 4.69) is 15.1 Å². The summed E-state index contributed by atoms with van der Waals surface area (Å²) in [5.74, 6) is 3.99. The van der Waals surface area contributed by atoms with Gasteiger partial charge in [0, 0.05) is 11.8 Å². The van der Waals surface area contributed by atoms with Crippen LogP contribution in [-0.4, -0.2) is 17.5 Å². The highest BCUT2D eigenvalue weighted by atomic mass is 19.1. The molecule has 0 unspecified atom stereocenters. The van der Waals surface area contributed by atoms with Gasteiger partial charge in [0.25, 0.3) is 5.88 Å². The van der Waals surface area contributed by atoms with Crippen molar-refractivity contribution >= 4 is 11.6 Å². The molecule has 0 aliphatic heterocycles. The number of carbonyl (C=O) groups is 1. The Hall–Kier alpha value is -3.52. The van der Waals surface area contributed by atoms with Gasteiger partial charge in [0.05, 0.1) is 18.7 Å². The van der Waals surface area contributed by atoms with Crippen LogP contribution in [0.4, 0.5) is 14.5 Å². The second-order valence-electron chi connectivity index (χ2n) is 6.59. The Bertz CT molecular complexity index is 1070. The molecule has 1 heterocycles. The lowest BCUT2D eigenvalue weighted by Crippen LogP contribution is -2.16. The fraction of sp³-hybridized carbons (Fsp3) is 0.182. The van der Waals surface area contributed by atoms with Crippen molar-refractivity contribution in [2.75, 3.05) is 11.9 Å². The number of amides is 1. The summed E-state index contributed by atoms with van der Waals surface area (Å²) in [6.45, 7) is 3.96. The Morgan fingerprint density at radius 1 is 1.10 bits per heavy atom. The van der Waals surface area contributed by atoms with Crippen LogP contribution in [0.3, 0.4) is 0 Å². The average Bonchev–Trinajstić information content (AvgIpc) is 2.72. The van der Waals surface area contributed by atoms with Crippen molar-refractivity contribution in [3.8, 4) is 22.8 Å². The maximum Gasteiger partial charge on any atom is 0.279 e. The van der Waals surface area contributed by atoms with Crippen molar-refractivity contribution < 1.29 is 23.1 Å². The molecule has 1 aromatic heterocycles. The molecule has 3 aromatic rings. The molecule has 0 fully saturated rings. The molecule has 2 aromatic carbocycles. The molecular formula is C22H21F2N3O3. The van der Waals surface area contributed by atoms with Gasteiger partial charge in [-0.25, -0.2) is 13.8 Å². The summed E-state index contributed by atoms with van der Waals surface area (Å²) >= 11 is 0. The Morgan fingerprint density at radius 2 is 1.90 bits per heavy atom. The van der Waals surface area contributed by atoms with Crippen LogP contribution in [0.5, 0.6) is 11.6 Å². The number of nitrogens with two attached hydrogens (primary N) is 1. The summed E-state index contributed by atoms with van der Waals surface area (Å²) in [5, 5.41) is 2.47. The number of ether oxygens (including phenoxy) is 1. The first-order chi connectivity index (χ1) is 14.4. The van der Waals surface area contributed by atoms with E-state index in [1.54, 1.807) is 32.0 Å². The number of hydrogen-bond donors (Lipinski definition) is 2. The molecule has 6 nitrogen and oxygen atoms in total. The van der Waals surface area contributed by atoms with Gasteiger partial charge in [-0.2, -0.15) is 5.90 Å². The predicted molar refractivity (Wildman–Crippen MR) is 109 cm³/mol. The van der Waals surface area contributed by atoms with Crippen LogP contribution in [0, 0.1) is 18.6 Å². The monoisotopic (exact) mass is 413 g/mol. The summed E-state index contributed by atoms with van der Waals surface area (Å²) in [4.78, 5) is 21.0. The van der Waals surface area contributed by atoms with E-state index in [1.807, 2.05) is 0 Å². The van der Waals surface area contributed by atoms with Gasteiger partial charge in [-0.05, 0) is 54.8 Å². The third kappa shape index (κ3) is 4.90. The number of halogens is 2. The van der Waals surface area contributed by atoms with Gasteiger partial charge in [0.2, 0.25) is 5.91 Å². The summed E-state index contributed by atoms with van der Waals surface area (Å²) in [6, 6.07) is 10.5. The largest absolute Gasteiger partial charge is 0.488 e. The van der Waals surface area contributed by atoms with Crippen LogP contribution in [0.25, 0.3) is 11.1 Å². The van der Waals surface area contributed by atoms with Gasteiger partial charge in [-0.1, -0.05) is 18.2 Å². The van der Waals surface area contributed by atoms with Crippen molar-refractivity contribution in [3.05, 3.63) is 71.4 Å². The van der Waals surface area contributed by atoms with Gasteiger partial charge in [0.1, 0.15) is 11.6 Å². The molecule has 0 atom stereocenters. The molecule has 0 saturated heterocycles. The van der Waals surface area contributed by atoms with Crippen molar-refractivity contribution in [2.45, 2.75) is 20.3 Å². The number of nitrogens with one attached hydrogen (secondary N) is 1. The number of hydrogen-bond acceptors (Lipinski definition) is 5. The van der Waals surface area contributed by atoms with E-state index in [9.17, 15) is 13.6 Å². The number of rotatable bonds is 7. The van der Waals surface area contributed by atoms with Crippen LogP contribution < -0.4 is 20.8 Å². The number of carbonyl (C=O) groups excluding carboxylic acids is 1. The van der Waals surface area contributed by atoms with Crippen LogP contribution in [0.2, 0.25) is 0 Å². The highest BCUT2D eigenvalue weighted by molar-refractivity contribution is 5.92. The molecule has 1 amide bonds. The van der Waals surface area contributed by atoms with Crippen molar-refractivity contribution in [1.82, 2.24) is 4.98 Å². The number of nitrogens with zero attached hydrogens (tertiary/aromatic N) is 1. The zero-order valence-corrected chi connectivity index (χ0v) is 16.5. The zero-order chi connectivity index (χ0) is 21.7. The van der Waals surface area contributed by atoms with Crippen molar-refractivity contribution in [1.29, 1.82) is 0 Å².